The Morgan fingerprint density at radius 1 is 1.04 bits per heavy atom. The summed E-state index contributed by atoms with van der Waals surface area (Å²) >= 11 is 0. The number of nitrogens with one attached hydrogen (secondary N) is 2. The standard InChI is InChI=1S/C20H25FN4O/c1-24-10-12-25(13-11-24)18-8-6-17(7-9-18)23-20(26)15-22-14-16-4-2-3-5-19(16)21/h2-9,22H,10-15H2,1H3,(H,23,26). The molecule has 26 heavy (non-hydrogen) atoms. The summed E-state index contributed by atoms with van der Waals surface area (Å²) in [5.74, 6) is -0.409. The number of amides is 1. The van der Waals surface area contributed by atoms with Crippen LogP contribution in [0.2, 0.25) is 0 Å². The van der Waals surface area contributed by atoms with Gasteiger partial charge in [-0.1, -0.05) is 18.2 Å². The van der Waals surface area contributed by atoms with Gasteiger partial charge in [-0.3, -0.25) is 4.79 Å². The number of halogens is 1. The van der Waals surface area contributed by atoms with Crippen molar-refractivity contribution in [2.45, 2.75) is 6.54 Å². The molecule has 2 aromatic carbocycles. The van der Waals surface area contributed by atoms with E-state index in [0.717, 1.165) is 31.9 Å². The van der Waals surface area contributed by atoms with Gasteiger partial charge in [0.25, 0.3) is 0 Å². The first-order valence-electron chi connectivity index (χ1n) is 8.89. The van der Waals surface area contributed by atoms with Crippen molar-refractivity contribution in [1.82, 2.24) is 10.2 Å². The van der Waals surface area contributed by atoms with Gasteiger partial charge in [-0.2, -0.15) is 0 Å². The molecule has 0 saturated carbocycles. The van der Waals surface area contributed by atoms with Crippen molar-refractivity contribution in [3.63, 3.8) is 0 Å². The van der Waals surface area contributed by atoms with E-state index in [1.807, 2.05) is 24.3 Å². The van der Waals surface area contributed by atoms with Gasteiger partial charge in [-0.15, -0.1) is 0 Å². The maximum atomic E-state index is 13.5. The highest BCUT2D eigenvalue weighted by atomic mass is 19.1. The molecule has 0 radical (unpaired) electrons. The van der Waals surface area contributed by atoms with Crippen molar-refractivity contribution in [3.8, 4) is 0 Å². The molecular weight excluding hydrogens is 331 g/mol. The predicted octanol–water partition coefficient (Wildman–Crippen LogP) is 2.31. The second-order valence-corrected chi connectivity index (χ2v) is 6.58. The van der Waals surface area contributed by atoms with E-state index < -0.39 is 0 Å². The summed E-state index contributed by atoms with van der Waals surface area (Å²) < 4.78 is 13.5. The number of carbonyl (C=O) groups is 1. The van der Waals surface area contributed by atoms with Crippen LogP contribution in [0.3, 0.4) is 0 Å². The average Bonchev–Trinajstić information content (AvgIpc) is 2.65. The van der Waals surface area contributed by atoms with Crippen LogP contribution in [0.5, 0.6) is 0 Å². The van der Waals surface area contributed by atoms with Gasteiger partial charge in [0.1, 0.15) is 5.82 Å². The van der Waals surface area contributed by atoms with Crippen LogP contribution in [0.4, 0.5) is 15.8 Å². The molecular formula is C20H25FN4O. The van der Waals surface area contributed by atoms with E-state index in [2.05, 4.69) is 27.5 Å². The van der Waals surface area contributed by atoms with E-state index in [4.69, 9.17) is 0 Å². The number of hydrogen-bond acceptors (Lipinski definition) is 4. The van der Waals surface area contributed by atoms with E-state index >= 15 is 0 Å². The maximum Gasteiger partial charge on any atom is 0.238 e. The number of piperazine rings is 1. The maximum absolute atomic E-state index is 13.5. The van der Waals surface area contributed by atoms with Crippen LogP contribution < -0.4 is 15.5 Å². The minimum atomic E-state index is -0.264. The minimum absolute atomic E-state index is 0.133. The molecule has 0 atom stereocenters. The lowest BCUT2D eigenvalue weighted by atomic mass is 10.2. The van der Waals surface area contributed by atoms with Gasteiger partial charge in [0.15, 0.2) is 0 Å². The third kappa shape index (κ3) is 5.03. The summed E-state index contributed by atoms with van der Waals surface area (Å²) in [6, 6.07) is 14.5. The molecule has 1 aliphatic rings. The Hall–Kier alpha value is -2.44. The smallest absolute Gasteiger partial charge is 0.238 e. The predicted molar refractivity (Wildman–Crippen MR) is 103 cm³/mol. The van der Waals surface area contributed by atoms with Gasteiger partial charge in [0.2, 0.25) is 5.91 Å². The molecule has 138 valence electrons. The van der Waals surface area contributed by atoms with Gasteiger partial charge in [-0.25, -0.2) is 4.39 Å². The molecule has 6 heteroatoms. The highest BCUT2D eigenvalue weighted by molar-refractivity contribution is 5.92. The lowest BCUT2D eigenvalue weighted by molar-refractivity contribution is -0.115. The van der Waals surface area contributed by atoms with Crippen molar-refractivity contribution in [2.24, 2.45) is 0 Å². The number of nitrogens with zero attached hydrogens (tertiary/aromatic N) is 2. The number of rotatable bonds is 6. The first-order chi connectivity index (χ1) is 12.6. The van der Waals surface area contributed by atoms with Crippen molar-refractivity contribution in [3.05, 3.63) is 59.9 Å². The first-order valence-corrected chi connectivity index (χ1v) is 8.89. The molecule has 1 aliphatic heterocycles. The Kier molecular flexibility index (Phi) is 6.20. The molecule has 1 saturated heterocycles. The highest BCUT2D eigenvalue weighted by Crippen LogP contribution is 2.19. The SMILES string of the molecule is CN1CCN(c2ccc(NC(=O)CNCc3ccccc3F)cc2)CC1. The minimum Gasteiger partial charge on any atom is -0.369 e. The summed E-state index contributed by atoms with van der Waals surface area (Å²) in [6.45, 7) is 4.61. The lowest BCUT2D eigenvalue weighted by Gasteiger charge is -2.34. The zero-order valence-corrected chi connectivity index (χ0v) is 15.0. The summed E-state index contributed by atoms with van der Waals surface area (Å²) in [6.07, 6.45) is 0. The Morgan fingerprint density at radius 2 is 1.73 bits per heavy atom. The van der Waals surface area contributed by atoms with Gasteiger partial charge in [0, 0.05) is 49.7 Å². The molecule has 0 aromatic heterocycles. The van der Waals surface area contributed by atoms with Crippen molar-refractivity contribution < 1.29 is 9.18 Å². The Bertz CT molecular complexity index is 727. The molecule has 0 spiro atoms. The van der Waals surface area contributed by atoms with Crippen LogP contribution in [0, 0.1) is 5.82 Å². The summed E-state index contributed by atoms with van der Waals surface area (Å²) in [7, 11) is 2.14. The van der Waals surface area contributed by atoms with Crippen LogP contribution in [0.15, 0.2) is 48.5 Å². The normalized spacial score (nSPS) is 15.1. The van der Waals surface area contributed by atoms with Crippen LogP contribution in [0.25, 0.3) is 0 Å². The first kappa shape index (κ1) is 18.4. The largest absolute Gasteiger partial charge is 0.369 e. The number of anilines is 2. The molecule has 0 unspecified atom stereocenters. The van der Waals surface area contributed by atoms with Gasteiger partial charge in [0.05, 0.1) is 6.54 Å². The molecule has 1 heterocycles. The van der Waals surface area contributed by atoms with E-state index in [0.29, 0.717) is 12.1 Å². The van der Waals surface area contributed by atoms with E-state index in [9.17, 15) is 9.18 Å². The summed E-state index contributed by atoms with van der Waals surface area (Å²) in [5, 5.41) is 5.82. The molecule has 0 bridgehead atoms. The highest BCUT2D eigenvalue weighted by Gasteiger charge is 2.14. The molecule has 2 N–H and O–H groups in total. The van der Waals surface area contributed by atoms with Gasteiger partial charge >= 0.3 is 0 Å². The van der Waals surface area contributed by atoms with Crippen LogP contribution in [0.1, 0.15) is 5.56 Å². The topological polar surface area (TPSA) is 47.6 Å². The molecule has 3 rings (SSSR count). The fraction of sp³-hybridized carbons (Fsp3) is 0.350. The summed E-state index contributed by atoms with van der Waals surface area (Å²) in [4.78, 5) is 16.7. The zero-order valence-electron chi connectivity index (χ0n) is 15.0. The van der Waals surface area contributed by atoms with E-state index in [1.165, 1.54) is 11.8 Å². The Morgan fingerprint density at radius 3 is 2.42 bits per heavy atom. The van der Waals surface area contributed by atoms with Crippen LogP contribution >= 0.6 is 0 Å². The average molecular weight is 356 g/mol. The van der Waals surface area contributed by atoms with Gasteiger partial charge < -0.3 is 20.4 Å². The van der Waals surface area contributed by atoms with Crippen LogP contribution in [-0.4, -0.2) is 50.6 Å². The van der Waals surface area contributed by atoms with Crippen LogP contribution in [-0.2, 0) is 11.3 Å². The number of carbonyl (C=O) groups excluding carboxylic acids is 1. The number of benzene rings is 2. The third-order valence-electron chi connectivity index (χ3n) is 4.58. The number of hydrogen-bond donors (Lipinski definition) is 2. The van der Waals surface area contributed by atoms with Crippen molar-refractivity contribution >= 4 is 17.3 Å². The molecule has 1 amide bonds. The zero-order chi connectivity index (χ0) is 18.4. The molecule has 2 aromatic rings. The second-order valence-electron chi connectivity index (χ2n) is 6.58. The quantitative estimate of drug-likeness (QED) is 0.834. The van der Waals surface area contributed by atoms with Crippen molar-refractivity contribution in [2.75, 3.05) is 50.0 Å². The van der Waals surface area contributed by atoms with E-state index in [1.54, 1.807) is 18.2 Å². The third-order valence-corrected chi connectivity index (χ3v) is 4.58. The Labute approximate surface area is 153 Å². The summed E-state index contributed by atoms with van der Waals surface area (Å²) in [5.41, 5.74) is 2.49. The van der Waals surface area contributed by atoms with E-state index in [-0.39, 0.29) is 18.3 Å². The molecule has 5 nitrogen and oxygen atoms in total. The molecule has 0 aliphatic carbocycles. The van der Waals surface area contributed by atoms with Crippen molar-refractivity contribution in [1.29, 1.82) is 0 Å². The lowest BCUT2D eigenvalue weighted by Crippen LogP contribution is -2.44. The molecule has 1 fully saturated rings. The Balaban J connectivity index is 1.45. The fourth-order valence-corrected chi connectivity index (χ4v) is 2.98. The second kappa shape index (κ2) is 8.78. The number of likely N-dealkylation sites (N-methyl/N-ethyl adjacent to an activating group) is 1. The fourth-order valence-electron chi connectivity index (χ4n) is 2.98. The monoisotopic (exact) mass is 356 g/mol. The van der Waals surface area contributed by atoms with Gasteiger partial charge in [-0.05, 0) is 37.4 Å².